The van der Waals surface area contributed by atoms with Gasteiger partial charge in [0.1, 0.15) is 37.7 Å². The van der Waals surface area contributed by atoms with Crippen LogP contribution in [0.5, 0.6) is 11.5 Å². The Morgan fingerprint density at radius 1 is 1.08 bits per heavy atom. The molecule has 2 saturated heterocycles. The van der Waals surface area contributed by atoms with Crippen LogP contribution in [0.2, 0.25) is 0 Å². The van der Waals surface area contributed by atoms with Crippen molar-refractivity contribution in [2.45, 2.75) is 40.0 Å². The van der Waals surface area contributed by atoms with Gasteiger partial charge in [0, 0.05) is 32.1 Å². The molecule has 5 rings (SSSR count). The lowest BCUT2D eigenvalue weighted by Crippen LogP contribution is -3.14. The van der Waals surface area contributed by atoms with Crippen LogP contribution in [0.1, 0.15) is 35.6 Å². The van der Waals surface area contributed by atoms with Gasteiger partial charge in [-0.2, -0.15) is 0 Å². The third-order valence-electron chi connectivity index (χ3n) is 9.27. The van der Waals surface area contributed by atoms with Gasteiger partial charge in [-0.1, -0.05) is 19.1 Å². The molecule has 7 nitrogen and oxygen atoms in total. The first kappa shape index (κ1) is 27.8. The number of nitrogens with one attached hydrogen (secondary N) is 1. The normalized spacial score (nSPS) is 20.9. The van der Waals surface area contributed by atoms with Gasteiger partial charge in [0.05, 0.1) is 26.0 Å². The van der Waals surface area contributed by atoms with Crippen LogP contribution >= 0.6 is 0 Å². The number of anilines is 1. The number of methoxy groups -OCH3 is 1. The molecule has 0 bridgehead atoms. The van der Waals surface area contributed by atoms with Gasteiger partial charge in [0.25, 0.3) is 0 Å². The second-order valence-electron chi connectivity index (χ2n) is 11.5. The maximum absolute atomic E-state index is 13.6. The Kier molecular flexibility index (Phi) is 8.98. The van der Waals surface area contributed by atoms with E-state index in [-0.39, 0.29) is 5.92 Å². The second kappa shape index (κ2) is 12.6. The number of nitrogens with zero attached hydrogens (tertiary/aromatic N) is 2. The maximum Gasteiger partial charge on any atom is 0.225 e. The minimum Gasteiger partial charge on any atom is -0.495 e. The number of quaternary nitrogens is 1. The highest BCUT2D eigenvalue weighted by Crippen LogP contribution is 2.38. The molecule has 3 aliphatic rings. The van der Waals surface area contributed by atoms with Crippen molar-refractivity contribution in [3.05, 3.63) is 52.6 Å². The number of carbonyl (C=O) groups is 1. The smallest absolute Gasteiger partial charge is 0.225 e. The summed E-state index contributed by atoms with van der Waals surface area (Å²) in [7, 11) is 1.72. The molecule has 1 amide bonds. The first-order valence-corrected chi connectivity index (χ1v) is 14.8. The predicted molar refractivity (Wildman–Crippen MR) is 154 cm³/mol. The Balaban J connectivity index is 1.19. The summed E-state index contributed by atoms with van der Waals surface area (Å²) in [5, 5.41) is 0. The Bertz CT molecular complexity index is 1140. The molecule has 2 aromatic carbocycles. The molecule has 0 aromatic heterocycles. The van der Waals surface area contributed by atoms with Crippen molar-refractivity contribution in [3.8, 4) is 11.5 Å². The van der Waals surface area contributed by atoms with Crippen molar-refractivity contribution in [2.24, 2.45) is 11.8 Å². The summed E-state index contributed by atoms with van der Waals surface area (Å²) < 4.78 is 17.4. The Morgan fingerprint density at radius 3 is 2.56 bits per heavy atom. The second-order valence-corrected chi connectivity index (χ2v) is 11.5. The summed E-state index contributed by atoms with van der Waals surface area (Å²) in [6, 6.07) is 10.4. The molecule has 7 heteroatoms. The van der Waals surface area contributed by atoms with E-state index in [9.17, 15) is 4.79 Å². The number of amides is 1. The quantitative estimate of drug-likeness (QED) is 0.563. The Labute approximate surface area is 234 Å². The van der Waals surface area contributed by atoms with Crippen LogP contribution in [-0.2, 0) is 22.4 Å². The van der Waals surface area contributed by atoms with Gasteiger partial charge in [-0.05, 0) is 79.5 Å². The zero-order valence-corrected chi connectivity index (χ0v) is 24.3. The number of hydrogen-bond donors (Lipinski definition) is 1. The molecule has 1 aliphatic carbocycles. The zero-order valence-electron chi connectivity index (χ0n) is 24.3. The topological polar surface area (TPSA) is 55.7 Å². The first-order valence-electron chi connectivity index (χ1n) is 14.8. The molecule has 212 valence electrons. The van der Waals surface area contributed by atoms with E-state index in [1.165, 1.54) is 22.3 Å². The molecule has 2 fully saturated rings. The van der Waals surface area contributed by atoms with E-state index >= 15 is 0 Å². The van der Waals surface area contributed by atoms with Crippen molar-refractivity contribution >= 4 is 11.6 Å². The number of morpholine rings is 1. The summed E-state index contributed by atoms with van der Waals surface area (Å²) in [6.07, 6.45) is 3.08. The average molecular weight is 537 g/mol. The zero-order chi connectivity index (χ0) is 27.4. The minimum atomic E-state index is 0.0187. The molecular formula is C32H46N3O4+. The highest BCUT2D eigenvalue weighted by atomic mass is 16.5. The number of ether oxygens (including phenoxy) is 3. The van der Waals surface area contributed by atoms with E-state index in [1.54, 1.807) is 12.0 Å². The highest BCUT2D eigenvalue weighted by Gasteiger charge is 2.34. The molecule has 1 N–H and O–H groups in total. The molecule has 2 aliphatic heterocycles. The molecule has 2 heterocycles. The van der Waals surface area contributed by atoms with Crippen LogP contribution < -0.4 is 19.3 Å². The molecule has 0 spiro atoms. The van der Waals surface area contributed by atoms with E-state index < -0.39 is 0 Å². The van der Waals surface area contributed by atoms with Crippen molar-refractivity contribution in [1.82, 2.24) is 4.90 Å². The third-order valence-corrected chi connectivity index (χ3v) is 9.27. The van der Waals surface area contributed by atoms with Crippen LogP contribution in [0.25, 0.3) is 0 Å². The van der Waals surface area contributed by atoms with Crippen LogP contribution in [0.3, 0.4) is 0 Å². The Hall–Kier alpha value is -2.77. The van der Waals surface area contributed by atoms with Crippen LogP contribution in [0.4, 0.5) is 5.69 Å². The Morgan fingerprint density at radius 2 is 1.82 bits per heavy atom. The summed E-state index contributed by atoms with van der Waals surface area (Å²) >= 11 is 0. The number of benzene rings is 2. The van der Waals surface area contributed by atoms with Gasteiger partial charge in [0.2, 0.25) is 5.91 Å². The van der Waals surface area contributed by atoms with Gasteiger partial charge >= 0.3 is 0 Å². The van der Waals surface area contributed by atoms with Crippen LogP contribution in [0.15, 0.2) is 30.3 Å². The SMILES string of the molecule is COc1ccccc1N1CCN(C(=O)[C@@H](C)[C@@H]2CCc3c(C)cc(OCC[NH+]4CCOCC4)c(C)c3C2)CC1. The molecule has 2 aromatic rings. The summed E-state index contributed by atoms with van der Waals surface area (Å²) in [5.74, 6) is 2.60. The molecule has 0 unspecified atom stereocenters. The molecule has 0 radical (unpaired) electrons. The standard InChI is InChI=1S/C32H45N3O4/c1-23-21-31(39-20-17-33-15-18-38-19-16-33)25(3)28-22-26(9-10-27(23)28)24(2)32(36)35-13-11-34(12-14-35)29-7-5-6-8-30(29)37-4/h5-8,21,24,26H,9-20,22H2,1-4H3/p+1/t24-,26+/m0/s1. The molecule has 39 heavy (non-hydrogen) atoms. The minimum absolute atomic E-state index is 0.0187. The first-order chi connectivity index (χ1) is 19.0. The van der Waals surface area contributed by atoms with E-state index in [2.05, 4.69) is 42.7 Å². The number of para-hydroxylation sites is 2. The summed E-state index contributed by atoms with van der Waals surface area (Å²) in [4.78, 5) is 19.6. The van der Waals surface area contributed by atoms with Crippen molar-refractivity contribution in [2.75, 3.05) is 77.6 Å². The van der Waals surface area contributed by atoms with Gasteiger partial charge in [-0.25, -0.2) is 0 Å². The fourth-order valence-electron chi connectivity index (χ4n) is 6.66. The van der Waals surface area contributed by atoms with Gasteiger partial charge in [0.15, 0.2) is 0 Å². The summed E-state index contributed by atoms with van der Waals surface area (Å²) in [6.45, 7) is 15.3. The molecule has 0 saturated carbocycles. The lowest BCUT2D eigenvalue weighted by Gasteiger charge is -2.39. The third kappa shape index (κ3) is 6.20. The average Bonchev–Trinajstić information content (AvgIpc) is 2.99. The van der Waals surface area contributed by atoms with E-state index in [4.69, 9.17) is 14.2 Å². The number of fused-ring (bicyclic) bond motifs is 1. The number of rotatable bonds is 8. The van der Waals surface area contributed by atoms with Gasteiger partial charge in [-0.15, -0.1) is 0 Å². The van der Waals surface area contributed by atoms with Gasteiger partial charge < -0.3 is 28.9 Å². The number of hydrogen-bond acceptors (Lipinski definition) is 5. The van der Waals surface area contributed by atoms with Crippen molar-refractivity contribution < 1.29 is 23.9 Å². The van der Waals surface area contributed by atoms with E-state index in [1.807, 2.05) is 18.2 Å². The fourth-order valence-corrected chi connectivity index (χ4v) is 6.66. The van der Waals surface area contributed by atoms with Crippen molar-refractivity contribution in [1.29, 1.82) is 0 Å². The molecule has 2 atom stereocenters. The maximum atomic E-state index is 13.6. The monoisotopic (exact) mass is 536 g/mol. The predicted octanol–water partition coefficient (Wildman–Crippen LogP) is 2.70. The number of aryl methyl sites for hydroxylation is 1. The highest BCUT2D eigenvalue weighted by molar-refractivity contribution is 5.79. The van der Waals surface area contributed by atoms with Crippen LogP contribution in [0, 0.1) is 25.7 Å². The number of carbonyl (C=O) groups excluding carboxylic acids is 1. The van der Waals surface area contributed by atoms with Gasteiger partial charge in [-0.3, -0.25) is 4.79 Å². The van der Waals surface area contributed by atoms with E-state index in [0.29, 0.717) is 11.8 Å². The van der Waals surface area contributed by atoms with E-state index in [0.717, 1.165) is 102 Å². The lowest BCUT2D eigenvalue weighted by atomic mass is 9.74. The molecular weight excluding hydrogens is 490 g/mol. The number of piperazine rings is 1. The summed E-state index contributed by atoms with van der Waals surface area (Å²) in [5.41, 5.74) is 6.59. The largest absolute Gasteiger partial charge is 0.495 e. The lowest BCUT2D eigenvalue weighted by molar-refractivity contribution is -0.908. The van der Waals surface area contributed by atoms with Crippen molar-refractivity contribution in [3.63, 3.8) is 0 Å². The fraction of sp³-hybridized carbons (Fsp3) is 0.594. The van der Waals surface area contributed by atoms with Crippen LogP contribution in [-0.4, -0.2) is 83.6 Å².